The summed E-state index contributed by atoms with van der Waals surface area (Å²) >= 11 is 0. The van der Waals surface area contributed by atoms with E-state index in [-0.39, 0.29) is 11.8 Å². The zero-order chi connectivity index (χ0) is 25.4. The third-order valence-electron chi connectivity index (χ3n) is 6.11. The van der Waals surface area contributed by atoms with Crippen LogP contribution < -0.4 is 0 Å². The Bertz CT molecular complexity index is 915. The minimum atomic E-state index is -2.90. The van der Waals surface area contributed by atoms with Crippen molar-refractivity contribution in [3.05, 3.63) is 58.7 Å². The average molecular weight is 461 g/mol. The number of carboxylic acid groups (broad SMARTS) is 3. The maximum Gasteiger partial charge on any atom is 0.337 e. The number of aliphatic hydroxyl groups is 1. The second kappa shape index (κ2) is 11.8. The van der Waals surface area contributed by atoms with Crippen LogP contribution in [0.5, 0.6) is 0 Å². The van der Waals surface area contributed by atoms with Gasteiger partial charge >= 0.3 is 17.9 Å². The number of hydrogen-bond acceptors (Lipinski definition) is 4. The Hall–Kier alpha value is -2.93. The number of hydrogen-bond donors (Lipinski definition) is 4. The first-order valence-electron chi connectivity index (χ1n) is 11.0. The van der Waals surface area contributed by atoms with Gasteiger partial charge in [-0.25, -0.2) is 4.79 Å². The first-order chi connectivity index (χ1) is 15.2. The highest BCUT2D eigenvalue weighted by Gasteiger charge is 2.49. The van der Waals surface area contributed by atoms with Crippen molar-refractivity contribution in [2.24, 2.45) is 11.3 Å². The summed E-state index contributed by atoms with van der Waals surface area (Å²) in [6.45, 7) is 10.4. The Balaban J connectivity index is 2.92. The molecule has 0 aliphatic heterocycles. The monoisotopic (exact) mass is 460 g/mol. The van der Waals surface area contributed by atoms with Crippen LogP contribution in [0.2, 0.25) is 0 Å². The lowest BCUT2D eigenvalue weighted by molar-refractivity contribution is -0.178. The van der Waals surface area contributed by atoms with Crippen molar-refractivity contribution in [2.75, 3.05) is 0 Å². The fraction of sp³-hybridized carbons (Fsp3) is 0.500. The van der Waals surface area contributed by atoms with Crippen LogP contribution in [-0.4, -0.2) is 43.9 Å². The van der Waals surface area contributed by atoms with Crippen LogP contribution in [0.25, 0.3) is 0 Å². The average Bonchev–Trinajstić information content (AvgIpc) is 2.66. The molecule has 0 saturated heterocycles. The van der Waals surface area contributed by atoms with Gasteiger partial charge in [-0.05, 0) is 57.4 Å². The molecule has 0 saturated carbocycles. The normalized spacial score (nSPS) is 20.2. The molecule has 33 heavy (non-hydrogen) atoms. The van der Waals surface area contributed by atoms with Gasteiger partial charge in [0.2, 0.25) is 0 Å². The Labute approximate surface area is 195 Å². The molecule has 182 valence electrons. The summed E-state index contributed by atoms with van der Waals surface area (Å²) in [5.74, 6) is -6.85. The lowest BCUT2D eigenvalue weighted by Gasteiger charge is -2.32. The minimum Gasteiger partial charge on any atom is -0.481 e. The van der Waals surface area contributed by atoms with Gasteiger partial charge < -0.3 is 20.4 Å². The van der Waals surface area contributed by atoms with Gasteiger partial charge in [-0.2, -0.15) is 0 Å². The van der Waals surface area contributed by atoms with Crippen LogP contribution in [0.15, 0.2) is 58.7 Å². The molecule has 1 aliphatic rings. The molecule has 0 aromatic heterocycles. The van der Waals surface area contributed by atoms with Crippen molar-refractivity contribution in [1.82, 2.24) is 0 Å². The Morgan fingerprint density at radius 1 is 1.09 bits per heavy atom. The quantitative estimate of drug-likeness (QED) is 0.322. The second-order valence-electron chi connectivity index (χ2n) is 9.41. The molecular formula is C26H36O7. The lowest BCUT2D eigenvalue weighted by Crippen LogP contribution is -2.50. The molecule has 0 radical (unpaired) electrons. The van der Waals surface area contributed by atoms with Gasteiger partial charge in [0.05, 0.1) is 6.42 Å². The molecule has 0 fully saturated rings. The maximum atomic E-state index is 11.5. The fourth-order valence-corrected chi connectivity index (χ4v) is 4.08. The molecule has 0 spiro atoms. The van der Waals surface area contributed by atoms with Gasteiger partial charge in [0.15, 0.2) is 5.60 Å². The van der Waals surface area contributed by atoms with E-state index in [0.29, 0.717) is 5.57 Å². The van der Waals surface area contributed by atoms with Crippen molar-refractivity contribution in [1.29, 1.82) is 0 Å². The highest BCUT2D eigenvalue weighted by Crippen LogP contribution is 2.40. The summed E-state index contributed by atoms with van der Waals surface area (Å²) in [4.78, 5) is 33.9. The van der Waals surface area contributed by atoms with Gasteiger partial charge in [-0.15, -0.1) is 0 Å². The van der Waals surface area contributed by atoms with Gasteiger partial charge in [-0.3, -0.25) is 9.59 Å². The zero-order valence-electron chi connectivity index (χ0n) is 20.1. The van der Waals surface area contributed by atoms with Crippen LogP contribution in [0.1, 0.15) is 66.7 Å². The summed E-state index contributed by atoms with van der Waals surface area (Å²) < 4.78 is 0. The molecule has 0 aromatic carbocycles. The molecule has 2 unspecified atom stereocenters. The molecule has 7 heteroatoms. The highest BCUT2D eigenvalue weighted by atomic mass is 16.4. The molecule has 1 rings (SSSR count). The highest BCUT2D eigenvalue weighted by molar-refractivity contribution is 5.89. The van der Waals surface area contributed by atoms with E-state index < -0.39 is 35.8 Å². The Kier molecular flexibility index (Phi) is 10.0. The molecule has 0 aromatic rings. The van der Waals surface area contributed by atoms with E-state index >= 15 is 0 Å². The molecule has 1 aliphatic carbocycles. The molecule has 7 nitrogen and oxygen atoms in total. The molecule has 2 atom stereocenters. The summed E-state index contributed by atoms with van der Waals surface area (Å²) in [5, 5.41) is 37.7. The molecule has 0 amide bonds. The van der Waals surface area contributed by atoms with Gasteiger partial charge in [0, 0.05) is 0 Å². The van der Waals surface area contributed by atoms with E-state index in [4.69, 9.17) is 5.11 Å². The third kappa shape index (κ3) is 8.17. The van der Waals surface area contributed by atoms with E-state index in [9.17, 15) is 29.7 Å². The molecule has 4 N–H and O–H groups in total. The van der Waals surface area contributed by atoms with Crippen LogP contribution in [0.3, 0.4) is 0 Å². The maximum absolute atomic E-state index is 11.5. The molecule has 0 bridgehead atoms. The smallest absolute Gasteiger partial charge is 0.337 e. The van der Waals surface area contributed by atoms with Crippen molar-refractivity contribution < 1.29 is 34.8 Å². The summed E-state index contributed by atoms with van der Waals surface area (Å²) in [7, 11) is 0. The van der Waals surface area contributed by atoms with Crippen molar-refractivity contribution in [2.45, 2.75) is 72.3 Å². The summed E-state index contributed by atoms with van der Waals surface area (Å²) in [6, 6.07) is 0. The Morgan fingerprint density at radius 2 is 1.73 bits per heavy atom. The number of rotatable bonds is 11. The van der Waals surface area contributed by atoms with E-state index in [1.54, 1.807) is 19.1 Å². The first kappa shape index (κ1) is 28.1. The largest absolute Gasteiger partial charge is 0.481 e. The third-order valence-corrected chi connectivity index (χ3v) is 6.11. The van der Waals surface area contributed by atoms with Crippen LogP contribution in [-0.2, 0) is 14.4 Å². The van der Waals surface area contributed by atoms with Gasteiger partial charge in [0.25, 0.3) is 0 Å². The van der Waals surface area contributed by atoms with E-state index in [0.717, 1.165) is 18.4 Å². The van der Waals surface area contributed by atoms with E-state index in [1.165, 1.54) is 23.6 Å². The Morgan fingerprint density at radius 3 is 2.24 bits per heavy atom. The predicted molar refractivity (Wildman–Crippen MR) is 127 cm³/mol. The van der Waals surface area contributed by atoms with Crippen molar-refractivity contribution >= 4 is 17.9 Å². The van der Waals surface area contributed by atoms with Gasteiger partial charge in [-0.1, -0.05) is 67.0 Å². The minimum absolute atomic E-state index is 0.160. The lowest BCUT2D eigenvalue weighted by atomic mass is 9.72. The predicted octanol–water partition coefficient (Wildman–Crippen LogP) is 4.90. The number of carboxylic acids is 3. The number of carbonyl (C=O) groups is 3. The van der Waals surface area contributed by atoms with E-state index in [2.05, 4.69) is 32.9 Å². The number of aliphatic carboxylic acids is 3. The standard InChI is InChI=1S/C26H36O7/c1-17(11-13-20-19(3)10-7-15-25(20,4)5)8-6-9-18(2)12-14-21(23(29)30)26(33,24(31)32)16-22(27)28/h6,8-9,11-13,21,33H,7,10,14-16H2,1-5H3,(H,27,28)(H,29,30)(H,31,32)/b9-6?,13-11?,17-8-,18-12?. The van der Waals surface area contributed by atoms with Crippen LogP contribution in [0, 0.1) is 11.3 Å². The molecule has 0 heterocycles. The first-order valence-corrected chi connectivity index (χ1v) is 11.0. The van der Waals surface area contributed by atoms with Crippen molar-refractivity contribution in [3.63, 3.8) is 0 Å². The SMILES string of the molecule is CC(C=C/C=C(/C)C=CC1=C(C)CCCC1(C)C)=CCC(C(=O)O)C(O)(CC(=O)O)C(=O)O. The van der Waals surface area contributed by atoms with Crippen LogP contribution >= 0.6 is 0 Å². The second-order valence-corrected chi connectivity index (χ2v) is 9.41. The van der Waals surface area contributed by atoms with E-state index in [1.807, 2.05) is 13.0 Å². The van der Waals surface area contributed by atoms with Gasteiger partial charge in [0.1, 0.15) is 5.92 Å². The number of allylic oxidation sites excluding steroid dienone is 10. The fourth-order valence-electron chi connectivity index (χ4n) is 4.08. The van der Waals surface area contributed by atoms with Crippen LogP contribution in [0.4, 0.5) is 0 Å². The molecular weight excluding hydrogens is 424 g/mol. The zero-order valence-corrected chi connectivity index (χ0v) is 20.1. The van der Waals surface area contributed by atoms with Crippen molar-refractivity contribution in [3.8, 4) is 0 Å². The summed E-state index contributed by atoms with van der Waals surface area (Å²) in [6.07, 6.45) is 13.1. The topological polar surface area (TPSA) is 132 Å². The summed E-state index contributed by atoms with van der Waals surface area (Å²) in [5.41, 5.74) is 1.73.